The predicted octanol–water partition coefficient (Wildman–Crippen LogP) is 2.07. The number of methoxy groups -OCH3 is 1. The minimum atomic E-state index is 0.730. The number of nitrogens with two attached hydrogens (primary N) is 1. The maximum absolute atomic E-state index is 5.31. The largest absolute Gasteiger partial charge is 0.497 e. The van der Waals surface area contributed by atoms with Crippen molar-refractivity contribution in [2.45, 2.75) is 6.54 Å². The summed E-state index contributed by atoms with van der Waals surface area (Å²) < 4.78 is 5.14. The van der Waals surface area contributed by atoms with Crippen molar-refractivity contribution >= 4 is 22.2 Å². The Kier molecular flexibility index (Phi) is 4.01. The van der Waals surface area contributed by atoms with Gasteiger partial charge in [0.1, 0.15) is 5.75 Å². The highest BCUT2D eigenvalue weighted by Crippen LogP contribution is 2.23. The van der Waals surface area contributed by atoms with Gasteiger partial charge < -0.3 is 9.64 Å². The summed E-state index contributed by atoms with van der Waals surface area (Å²) in [6.07, 6.45) is 1.83. The van der Waals surface area contributed by atoms with Crippen LogP contribution in [0.15, 0.2) is 30.5 Å². The summed E-state index contributed by atoms with van der Waals surface area (Å²) in [7, 11) is 3.70. The fourth-order valence-electron chi connectivity index (χ4n) is 1.61. The van der Waals surface area contributed by atoms with Crippen LogP contribution in [0.1, 0.15) is 4.88 Å². The fraction of sp³-hybridized carbons (Fsp3) is 0.250. The third-order valence-corrected chi connectivity index (χ3v) is 3.50. The van der Waals surface area contributed by atoms with Crippen LogP contribution in [0.2, 0.25) is 0 Å². The Morgan fingerprint density at radius 3 is 2.67 bits per heavy atom. The van der Waals surface area contributed by atoms with Gasteiger partial charge in [0.15, 0.2) is 5.13 Å². The average Bonchev–Trinajstić information content (AvgIpc) is 2.86. The number of nitrogen functional groups attached to an aromatic ring is 1. The van der Waals surface area contributed by atoms with Gasteiger partial charge in [0.05, 0.1) is 13.7 Å². The highest BCUT2D eigenvalue weighted by Gasteiger charge is 2.05. The first-order valence-corrected chi connectivity index (χ1v) is 6.31. The zero-order valence-electron chi connectivity index (χ0n) is 10.4. The van der Waals surface area contributed by atoms with Crippen LogP contribution in [0.25, 0.3) is 0 Å². The molecule has 0 aliphatic rings. The summed E-state index contributed by atoms with van der Waals surface area (Å²) in [6, 6.07) is 7.96. The van der Waals surface area contributed by atoms with Gasteiger partial charge in [-0.15, -0.1) is 0 Å². The number of aromatic nitrogens is 1. The predicted molar refractivity (Wildman–Crippen MR) is 75.0 cm³/mol. The lowest BCUT2D eigenvalue weighted by atomic mass is 10.3. The van der Waals surface area contributed by atoms with Crippen LogP contribution in [-0.2, 0) is 6.54 Å². The lowest BCUT2D eigenvalue weighted by molar-refractivity contribution is 0.415. The molecule has 0 aliphatic carbocycles. The molecule has 5 nitrogen and oxygen atoms in total. The van der Waals surface area contributed by atoms with E-state index in [4.69, 9.17) is 10.6 Å². The minimum Gasteiger partial charge on any atom is -0.497 e. The number of nitrogens with one attached hydrogen (secondary N) is 1. The standard InChI is InChI=1S/C12H16N4OS/c1-16(8-11-7-14-12(15-13)18-11)9-3-5-10(17-2)6-4-9/h3-7H,8,13H2,1-2H3,(H,14,15). The van der Waals surface area contributed by atoms with E-state index in [1.54, 1.807) is 18.4 Å². The molecule has 0 unspecified atom stereocenters. The Morgan fingerprint density at radius 2 is 2.11 bits per heavy atom. The molecule has 0 amide bonds. The summed E-state index contributed by atoms with van der Waals surface area (Å²) in [5.74, 6) is 6.17. The number of benzene rings is 1. The second-order valence-corrected chi connectivity index (χ2v) is 4.95. The van der Waals surface area contributed by atoms with Gasteiger partial charge in [-0.05, 0) is 24.3 Å². The molecule has 1 aromatic carbocycles. The molecule has 0 bridgehead atoms. The smallest absolute Gasteiger partial charge is 0.197 e. The summed E-state index contributed by atoms with van der Waals surface area (Å²) in [5, 5.41) is 0.730. The molecule has 96 valence electrons. The van der Waals surface area contributed by atoms with Crippen molar-refractivity contribution in [1.29, 1.82) is 0 Å². The van der Waals surface area contributed by atoms with Crippen molar-refractivity contribution in [3.8, 4) is 5.75 Å². The van der Waals surface area contributed by atoms with Crippen LogP contribution < -0.4 is 20.9 Å². The maximum Gasteiger partial charge on any atom is 0.197 e. The third-order valence-electron chi connectivity index (χ3n) is 2.58. The van der Waals surface area contributed by atoms with Crippen molar-refractivity contribution in [3.63, 3.8) is 0 Å². The molecule has 3 N–H and O–H groups in total. The Balaban J connectivity index is 2.03. The molecule has 1 aromatic heterocycles. The number of rotatable bonds is 5. The van der Waals surface area contributed by atoms with Crippen LogP contribution in [0, 0.1) is 0 Å². The van der Waals surface area contributed by atoms with E-state index in [1.165, 1.54) is 0 Å². The minimum absolute atomic E-state index is 0.730. The average molecular weight is 264 g/mol. The molecule has 0 atom stereocenters. The zero-order valence-corrected chi connectivity index (χ0v) is 11.2. The third kappa shape index (κ3) is 2.91. The molecule has 0 spiro atoms. The van der Waals surface area contributed by atoms with Crippen LogP contribution in [0.3, 0.4) is 0 Å². The molecular formula is C12H16N4OS. The van der Waals surface area contributed by atoms with Crippen LogP contribution in [0.4, 0.5) is 10.8 Å². The molecule has 0 aliphatic heterocycles. The number of ether oxygens (including phenoxy) is 1. The fourth-order valence-corrected chi connectivity index (χ4v) is 2.39. The van der Waals surface area contributed by atoms with Gasteiger partial charge in [-0.1, -0.05) is 11.3 Å². The molecule has 18 heavy (non-hydrogen) atoms. The number of thiazole rings is 1. The van der Waals surface area contributed by atoms with Crippen LogP contribution in [-0.4, -0.2) is 19.1 Å². The van der Waals surface area contributed by atoms with Gasteiger partial charge in [-0.3, -0.25) is 5.43 Å². The Hall–Kier alpha value is -1.79. The summed E-state index contributed by atoms with van der Waals surface area (Å²) >= 11 is 1.55. The first-order chi connectivity index (χ1) is 8.72. The Morgan fingerprint density at radius 1 is 1.39 bits per heavy atom. The SMILES string of the molecule is COc1ccc(N(C)Cc2cnc(NN)s2)cc1. The van der Waals surface area contributed by atoms with E-state index in [2.05, 4.69) is 15.3 Å². The quantitative estimate of drug-likeness (QED) is 0.639. The van der Waals surface area contributed by atoms with Crippen molar-refractivity contribution < 1.29 is 4.74 Å². The van der Waals surface area contributed by atoms with Crippen molar-refractivity contribution in [2.24, 2.45) is 5.84 Å². The number of hydrazine groups is 1. The second-order valence-electron chi connectivity index (χ2n) is 3.83. The molecule has 6 heteroatoms. The van der Waals surface area contributed by atoms with Crippen molar-refractivity contribution in [1.82, 2.24) is 4.98 Å². The lowest BCUT2D eigenvalue weighted by Crippen LogP contribution is -2.15. The van der Waals surface area contributed by atoms with Crippen molar-refractivity contribution in [2.75, 3.05) is 24.5 Å². The topological polar surface area (TPSA) is 63.4 Å². The van der Waals surface area contributed by atoms with Crippen LogP contribution in [0.5, 0.6) is 5.75 Å². The highest BCUT2D eigenvalue weighted by atomic mass is 32.1. The highest BCUT2D eigenvalue weighted by molar-refractivity contribution is 7.15. The molecule has 2 rings (SSSR count). The van der Waals surface area contributed by atoms with Crippen molar-refractivity contribution in [3.05, 3.63) is 35.3 Å². The monoisotopic (exact) mass is 264 g/mol. The number of hydrogen-bond donors (Lipinski definition) is 2. The van der Waals surface area contributed by atoms with Gasteiger partial charge in [-0.2, -0.15) is 0 Å². The van der Waals surface area contributed by atoms with E-state index in [1.807, 2.05) is 37.5 Å². The number of nitrogens with zero attached hydrogens (tertiary/aromatic N) is 2. The summed E-state index contributed by atoms with van der Waals surface area (Å²) in [4.78, 5) is 7.44. The Bertz CT molecular complexity index is 497. The van der Waals surface area contributed by atoms with Gasteiger partial charge in [0.25, 0.3) is 0 Å². The maximum atomic E-state index is 5.31. The molecule has 1 heterocycles. The van der Waals surface area contributed by atoms with E-state index in [0.29, 0.717) is 0 Å². The summed E-state index contributed by atoms with van der Waals surface area (Å²) in [5.41, 5.74) is 3.68. The molecule has 0 fully saturated rings. The van der Waals surface area contributed by atoms with Gasteiger partial charge in [0, 0.05) is 23.8 Å². The second kappa shape index (κ2) is 5.70. The lowest BCUT2D eigenvalue weighted by Gasteiger charge is -2.18. The van der Waals surface area contributed by atoms with E-state index in [9.17, 15) is 0 Å². The first-order valence-electron chi connectivity index (χ1n) is 5.49. The van der Waals surface area contributed by atoms with E-state index < -0.39 is 0 Å². The van der Waals surface area contributed by atoms with Crippen LogP contribution >= 0.6 is 11.3 Å². The molecule has 0 radical (unpaired) electrons. The van der Waals surface area contributed by atoms with E-state index >= 15 is 0 Å². The molecule has 0 saturated heterocycles. The van der Waals surface area contributed by atoms with Gasteiger partial charge >= 0.3 is 0 Å². The number of hydrogen-bond acceptors (Lipinski definition) is 6. The van der Waals surface area contributed by atoms with Gasteiger partial charge in [-0.25, -0.2) is 10.8 Å². The summed E-state index contributed by atoms with van der Waals surface area (Å²) in [6.45, 7) is 0.797. The normalized spacial score (nSPS) is 10.2. The molecular weight excluding hydrogens is 248 g/mol. The van der Waals surface area contributed by atoms with E-state index in [-0.39, 0.29) is 0 Å². The zero-order chi connectivity index (χ0) is 13.0. The van der Waals surface area contributed by atoms with Gasteiger partial charge in [0.2, 0.25) is 0 Å². The molecule has 2 aromatic rings. The first kappa shape index (κ1) is 12.7. The molecule has 0 saturated carbocycles. The number of anilines is 2. The van der Waals surface area contributed by atoms with E-state index in [0.717, 1.165) is 28.0 Å². The Labute approximate surface area is 110 Å².